The van der Waals surface area contributed by atoms with Gasteiger partial charge in [0.15, 0.2) is 0 Å². The number of hydrogen-bond donors (Lipinski definition) is 0. The lowest BCUT2D eigenvalue weighted by Crippen LogP contribution is -1.78. The van der Waals surface area contributed by atoms with Gasteiger partial charge in [0, 0.05) is 22.6 Å². The van der Waals surface area contributed by atoms with Crippen molar-refractivity contribution in [2.75, 3.05) is 0 Å². The van der Waals surface area contributed by atoms with Gasteiger partial charge >= 0.3 is 0 Å². The number of aryl methyl sites for hydroxylation is 1. The van der Waals surface area contributed by atoms with Crippen LogP contribution in [0.2, 0.25) is 0 Å². The highest BCUT2D eigenvalue weighted by Crippen LogP contribution is 2.30. The van der Waals surface area contributed by atoms with Crippen molar-refractivity contribution in [3.8, 4) is 0 Å². The Labute approximate surface area is 103 Å². The van der Waals surface area contributed by atoms with Gasteiger partial charge in [0.2, 0.25) is 0 Å². The summed E-state index contributed by atoms with van der Waals surface area (Å²) in [7, 11) is 0. The standard InChI is InChI=1S/C9H6I2S/c1-5-2-9-6(3-7(5)10)8(11)4-12-9/h2-4H,1H3. The van der Waals surface area contributed by atoms with Gasteiger partial charge in [0.1, 0.15) is 0 Å². The van der Waals surface area contributed by atoms with Crippen molar-refractivity contribution >= 4 is 66.6 Å². The van der Waals surface area contributed by atoms with Gasteiger partial charge in [-0.2, -0.15) is 0 Å². The van der Waals surface area contributed by atoms with Crippen molar-refractivity contribution < 1.29 is 0 Å². The molecular weight excluding hydrogens is 394 g/mol. The smallest absolute Gasteiger partial charge is 0.0357 e. The summed E-state index contributed by atoms with van der Waals surface area (Å²) >= 11 is 6.60. The number of hydrogen-bond acceptors (Lipinski definition) is 1. The van der Waals surface area contributed by atoms with E-state index in [1.165, 1.54) is 22.8 Å². The molecule has 0 bridgehead atoms. The Balaban J connectivity index is 2.87. The lowest BCUT2D eigenvalue weighted by atomic mass is 10.2. The largest absolute Gasteiger partial charge is 0.143 e. The first-order valence-electron chi connectivity index (χ1n) is 3.51. The third-order valence-electron chi connectivity index (χ3n) is 1.81. The number of thiophene rings is 1. The summed E-state index contributed by atoms with van der Waals surface area (Å²) in [6.45, 7) is 2.16. The van der Waals surface area contributed by atoms with Gasteiger partial charge in [-0.1, -0.05) is 0 Å². The van der Waals surface area contributed by atoms with E-state index in [0.29, 0.717) is 0 Å². The highest BCUT2D eigenvalue weighted by Gasteiger charge is 2.03. The minimum absolute atomic E-state index is 1.36. The van der Waals surface area contributed by atoms with Crippen molar-refractivity contribution in [1.82, 2.24) is 0 Å². The summed E-state index contributed by atoms with van der Waals surface area (Å²) in [6.07, 6.45) is 0. The fourth-order valence-corrected chi connectivity index (χ4v) is 3.49. The molecule has 1 heterocycles. The van der Waals surface area contributed by atoms with Crippen molar-refractivity contribution in [3.05, 3.63) is 30.2 Å². The first kappa shape index (κ1) is 9.21. The monoisotopic (exact) mass is 400 g/mol. The molecule has 0 radical (unpaired) electrons. The number of fused-ring (bicyclic) bond motifs is 1. The second kappa shape index (κ2) is 3.42. The van der Waals surface area contributed by atoms with Crippen LogP contribution in [-0.2, 0) is 0 Å². The molecule has 0 atom stereocenters. The number of benzene rings is 1. The van der Waals surface area contributed by atoms with Crippen LogP contribution in [-0.4, -0.2) is 0 Å². The van der Waals surface area contributed by atoms with Crippen LogP contribution < -0.4 is 0 Å². The minimum Gasteiger partial charge on any atom is -0.143 e. The third-order valence-corrected chi connectivity index (χ3v) is 5.23. The van der Waals surface area contributed by atoms with E-state index in [9.17, 15) is 0 Å². The van der Waals surface area contributed by atoms with E-state index in [1.54, 1.807) is 0 Å². The minimum atomic E-state index is 1.36. The summed E-state index contributed by atoms with van der Waals surface area (Å²) < 4.78 is 4.12. The Hall–Kier alpha value is 0.640. The maximum Gasteiger partial charge on any atom is 0.0357 e. The Bertz CT molecular complexity index is 431. The van der Waals surface area contributed by atoms with Crippen LogP contribution in [0.15, 0.2) is 17.5 Å². The van der Waals surface area contributed by atoms with Crippen LogP contribution in [0.4, 0.5) is 0 Å². The molecule has 0 aliphatic carbocycles. The zero-order valence-electron chi connectivity index (χ0n) is 6.40. The molecule has 2 rings (SSSR count). The first-order chi connectivity index (χ1) is 5.68. The van der Waals surface area contributed by atoms with Crippen LogP contribution in [0.5, 0.6) is 0 Å². The van der Waals surface area contributed by atoms with Gasteiger partial charge in [0.25, 0.3) is 0 Å². The maximum atomic E-state index is 2.39. The average Bonchev–Trinajstić information content (AvgIpc) is 2.35. The molecule has 0 unspecified atom stereocenters. The van der Waals surface area contributed by atoms with E-state index >= 15 is 0 Å². The van der Waals surface area contributed by atoms with Crippen LogP contribution >= 0.6 is 56.5 Å². The van der Waals surface area contributed by atoms with Crippen molar-refractivity contribution in [3.63, 3.8) is 0 Å². The van der Waals surface area contributed by atoms with E-state index in [0.717, 1.165) is 0 Å². The molecule has 1 aromatic heterocycles. The molecule has 0 aliphatic heterocycles. The van der Waals surface area contributed by atoms with E-state index < -0.39 is 0 Å². The molecule has 62 valence electrons. The third kappa shape index (κ3) is 1.50. The topological polar surface area (TPSA) is 0 Å². The fourth-order valence-electron chi connectivity index (χ4n) is 1.12. The summed E-state index contributed by atoms with van der Waals surface area (Å²) in [5, 5.41) is 3.61. The van der Waals surface area contributed by atoms with Gasteiger partial charge in [-0.15, -0.1) is 11.3 Å². The molecule has 0 aliphatic rings. The molecule has 0 nitrogen and oxygen atoms in total. The van der Waals surface area contributed by atoms with Gasteiger partial charge < -0.3 is 0 Å². The Morgan fingerprint density at radius 1 is 1.17 bits per heavy atom. The summed E-state index contributed by atoms with van der Waals surface area (Å²) in [5.41, 5.74) is 1.38. The molecule has 2 aromatic rings. The molecule has 0 fully saturated rings. The molecule has 0 amide bonds. The predicted molar refractivity (Wildman–Crippen MR) is 72.0 cm³/mol. The molecular formula is C9H6I2S. The molecule has 0 N–H and O–H groups in total. The predicted octanol–water partition coefficient (Wildman–Crippen LogP) is 4.42. The summed E-state index contributed by atoms with van der Waals surface area (Å²) in [4.78, 5) is 0. The van der Waals surface area contributed by atoms with Crippen molar-refractivity contribution in [1.29, 1.82) is 0 Å². The Morgan fingerprint density at radius 2 is 1.92 bits per heavy atom. The molecule has 0 spiro atoms. The second-order valence-corrected chi connectivity index (χ2v) is 5.92. The molecule has 1 aromatic carbocycles. The van der Waals surface area contributed by atoms with Crippen molar-refractivity contribution in [2.24, 2.45) is 0 Å². The molecule has 0 saturated carbocycles. The van der Waals surface area contributed by atoms with Gasteiger partial charge in [-0.05, 0) is 69.8 Å². The van der Waals surface area contributed by atoms with Crippen LogP contribution in [0, 0.1) is 14.1 Å². The van der Waals surface area contributed by atoms with Gasteiger partial charge in [-0.25, -0.2) is 0 Å². The van der Waals surface area contributed by atoms with Crippen LogP contribution in [0.3, 0.4) is 0 Å². The second-order valence-electron chi connectivity index (χ2n) is 2.68. The number of rotatable bonds is 0. The lowest BCUT2D eigenvalue weighted by molar-refractivity contribution is 1.47. The Kier molecular flexibility index (Phi) is 2.62. The highest BCUT2D eigenvalue weighted by atomic mass is 127. The first-order valence-corrected chi connectivity index (χ1v) is 6.55. The zero-order chi connectivity index (χ0) is 8.72. The van der Waals surface area contributed by atoms with Gasteiger partial charge in [-0.3, -0.25) is 0 Å². The van der Waals surface area contributed by atoms with Gasteiger partial charge in [0.05, 0.1) is 0 Å². The Morgan fingerprint density at radius 3 is 2.67 bits per heavy atom. The average molecular weight is 400 g/mol. The lowest BCUT2D eigenvalue weighted by Gasteiger charge is -1.97. The summed E-state index contributed by atoms with van der Waals surface area (Å²) in [5.74, 6) is 0. The quantitative estimate of drug-likeness (QED) is 0.575. The normalized spacial score (nSPS) is 10.9. The highest BCUT2D eigenvalue weighted by molar-refractivity contribution is 14.1. The van der Waals surface area contributed by atoms with E-state index in [-0.39, 0.29) is 0 Å². The fraction of sp³-hybridized carbons (Fsp3) is 0.111. The summed E-state index contributed by atoms with van der Waals surface area (Å²) in [6, 6.07) is 4.54. The van der Waals surface area contributed by atoms with E-state index in [2.05, 4.69) is 69.6 Å². The SMILES string of the molecule is Cc1cc2scc(I)c2cc1I. The van der Waals surface area contributed by atoms with Crippen LogP contribution in [0.1, 0.15) is 5.56 Å². The maximum absolute atomic E-state index is 2.39. The molecule has 12 heavy (non-hydrogen) atoms. The van der Waals surface area contributed by atoms with Crippen molar-refractivity contribution in [2.45, 2.75) is 6.92 Å². The molecule has 3 heteroatoms. The van der Waals surface area contributed by atoms with E-state index in [4.69, 9.17) is 0 Å². The van der Waals surface area contributed by atoms with Crippen LogP contribution in [0.25, 0.3) is 10.1 Å². The number of halogens is 2. The zero-order valence-corrected chi connectivity index (χ0v) is 11.5. The van der Waals surface area contributed by atoms with E-state index in [1.807, 2.05) is 11.3 Å². The molecule has 0 saturated heterocycles.